The second kappa shape index (κ2) is 7.24. The van der Waals surface area contributed by atoms with Crippen LogP contribution in [-0.4, -0.2) is 35.7 Å². The summed E-state index contributed by atoms with van der Waals surface area (Å²) in [5.74, 6) is 0. The van der Waals surface area contributed by atoms with Gasteiger partial charge in [-0.25, -0.2) is 0 Å². The fraction of sp³-hybridized carbons (Fsp3) is 0.667. The van der Waals surface area contributed by atoms with E-state index in [1.54, 1.807) is 0 Å². The summed E-state index contributed by atoms with van der Waals surface area (Å²) in [6, 6.07) is 11.2. The molecule has 1 unspecified atom stereocenters. The first-order valence-corrected chi connectivity index (χ1v) is 8.10. The number of hydrogen-bond donors (Lipinski definition) is 1. The summed E-state index contributed by atoms with van der Waals surface area (Å²) in [5.41, 5.74) is 1.09. The highest BCUT2D eigenvalue weighted by molar-refractivity contribution is 5.25. The fourth-order valence-corrected chi connectivity index (χ4v) is 3.47. The first-order chi connectivity index (χ1) is 9.69. The summed E-state index contributed by atoms with van der Waals surface area (Å²) in [6.07, 6.45) is 6.77. The van der Waals surface area contributed by atoms with Crippen molar-refractivity contribution in [2.45, 2.75) is 57.4 Å². The lowest BCUT2D eigenvalue weighted by Gasteiger charge is -2.40. The van der Waals surface area contributed by atoms with Gasteiger partial charge in [0.2, 0.25) is 0 Å². The molecule has 0 heterocycles. The van der Waals surface area contributed by atoms with Gasteiger partial charge < -0.3 is 5.11 Å². The maximum atomic E-state index is 9.95. The molecular formula is C18H29NO. The largest absolute Gasteiger partial charge is 0.395 e. The molecule has 0 aromatic heterocycles. The first kappa shape index (κ1) is 15.5. The highest BCUT2D eigenvalue weighted by atomic mass is 16.3. The molecule has 2 nitrogen and oxygen atoms in total. The Morgan fingerprint density at radius 3 is 2.35 bits per heavy atom. The van der Waals surface area contributed by atoms with E-state index in [0.717, 1.165) is 13.1 Å². The van der Waals surface area contributed by atoms with Gasteiger partial charge in [-0.2, -0.15) is 0 Å². The quantitative estimate of drug-likeness (QED) is 0.857. The van der Waals surface area contributed by atoms with Crippen molar-refractivity contribution in [2.75, 3.05) is 19.7 Å². The van der Waals surface area contributed by atoms with Gasteiger partial charge in [0.15, 0.2) is 0 Å². The number of nitrogens with zero attached hydrogens (tertiary/aromatic N) is 1. The van der Waals surface area contributed by atoms with E-state index in [1.165, 1.54) is 37.7 Å². The SMILES string of the molecule is CCN(CC(C)(CO)c1ccccc1)C1CCCCC1. The van der Waals surface area contributed by atoms with Crippen LogP contribution in [0.2, 0.25) is 0 Å². The van der Waals surface area contributed by atoms with Crippen LogP contribution in [0.25, 0.3) is 0 Å². The van der Waals surface area contributed by atoms with E-state index >= 15 is 0 Å². The normalized spacial score (nSPS) is 20.0. The maximum absolute atomic E-state index is 9.95. The van der Waals surface area contributed by atoms with E-state index in [9.17, 15) is 5.11 Å². The van der Waals surface area contributed by atoms with E-state index in [2.05, 4.69) is 43.0 Å². The predicted molar refractivity (Wildman–Crippen MR) is 85.0 cm³/mol. The minimum absolute atomic E-state index is 0.158. The van der Waals surface area contributed by atoms with Gasteiger partial charge in [-0.15, -0.1) is 0 Å². The van der Waals surface area contributed by atoms with Crippen molar-refractivity contribution < 1.29 is 5.11 Å². The topological polar surface area (TPSA) is 23.5 Å². The molecule has 112 valence electrons. The van der Waals surface area contributed by atoms with Gasteiger partial charge >= 0.3 is 0 Å². The van der Waals surface area contributed by atoms with Crippen LogP contribution in [-0.2, 0) is 5.41 Å². The van der Waals surface area contributed by atoms with Crippen molar-refractivity contribution in [3.63, 3.8) is 0 Å². The van der Waals surface area contributed by atoms with E-state index in [4.69, 9.17) is 0 Å². The Hall–Kier alpha value is -0.860. The van der Waals surface area contributed by atoms with Gasteiger partial charge in [-0.1, -0.05) is 63.4 Å². The summed E-state index contributed by atoms with van der Waals surface area (Å²) >= 11 is 0. The molecule has 2 rings (SSSR count). The summed E-state index contributed by atoms with van der Waals surface area (Å²) in [6.45, 7) is 6.67. The Bertz CT molecular complexity index is 386. The van der Waals surface area contributed by atoms with Crippen LogP contribution < -0.4 is 0 Å². The third-order valence-corrected chi connectivity index (χ3v) is 4.87. The summed E-state index contributed by atoms with van der Waals surface area (Å²) in [5, 5.41) is 9.95. The van der Waals surface area contributed by atoms with E-state index in [1.807, 2.05) is 6.07 Å². The molecular weight excluding hydrogens is 246 g/mol. The Kier molecular flexibility index (Phi) is 5.62. The lowest BCUT2D eigenvalue weighted by atomic mass is 9.81. The smallest absolute Gasteiger partial charge is 0.0537 e. The zero-order valence-corrected chi connectivity index (χ0v) is 13.0. The summed E-state index contributed by atoms with van der Waals surface area (Å²) in [7, 11) is 0. The van der Waals surface area contributed by atoms with Gasteiger partial charge in [-0.3, -0.25) is 4.90 Å². The number of aliphatic hydroxyl groups is 1. The number of hydrogen-bond acceptors (Lipinski definition) is 2. The van der Waals surface area contributed by atoms with Crippen molar-refractivity contribution in [1.29, 1.82) is 0 Å². The summed E-state index contributed by atoms with van der Waals surface area (Å²) < 4.78 is 0. The molecule has 1 aliphatic carbocycles. The maximum Gasteiger partial charge on any atom is 0.0537 e. The molecule has 2 heteroatoms. The van der Waals surface area contributed by atoms with E-state index < -0.39 is 0 Å². The number of rotatable bonds is 6. The molecule has 1 saturated carbocycles. The molecule has 0 radical (unpaired) electrons. The van der Waals surface area contributed by atoms with Crippen molar-refractivity contribution in [3.05, 3.63) is 35.9 Å². The number of likely N-dealkylation sites (N-methyl/N-ethyl adjacent to an activating group) is 1. The second-order valence-electron chi connectivity index (χ2n) is 6.44. The first-order valence-electron chi connectivity index (χ1n) is 8.10. The average Bonchev–Trinajstić information content (AvgIpc) is 2.54. The standard InChI is InChI=1S/C18H29NO/c1-3-19(17-12-8-5-9-13-17)14-18(2,15-20)16-10-6-4-7-11-16/h4,6-7,10-11,17,20H,3,5,8-9,12-15H2,1-2H3. The molecule has 1 aliphatic rings. The molecule has 1 fully saturated rings. The van der Waals surface area contributed by atoms with Crippen molar-refractivity contribution in [2.24, 2.45) is 0 Å². The number of aliphatic hydroxyl groups excluding tert-OH is 1. The molecule has 1 N–H and O–H groups in total. The van der Waals surface area contributed by atoms with Crippen molar-refractivity contribution in [3.8, 4) is 0 Å². The molecule has 0 spiro atoms. The van der Waals surface area contributed by atoms with E-state index in [-0.39, 0.29) is 12.0 Å². The van der Waals surface area contributed by atoms with Crippen LogP contribution in [0, 0.1) is 0 Å². The Morgan fingerprint density at radius 2 is 1.80 bits per heavy atom. The molecule has 0 aliphatic heterocycles. The van der Waals surface area contributed by atoms with Crippen LogP contribution in [0.1, 0.15) is 51.5 Å². The Labute approximate surface area is 123 Å². The van der Waals surface area contributed by atoms with Crippen LogP contribution in [0.5, 0.6) is 0 Å². The minimum Gasteiger partial charge on any atom is -0.395 e. The van der Waals surface area contributed by atoms with E-state index in [0.29, 0.717) is 6.04 Å². The van der Waals surface area contributed by atoms with Crippen LogP contribution >= 0.6 is 0 Å². The van der Waals surface area contributed by atoms with Gasteiger partial charge in [-0.05, 0) is 24.9 Å². The summed E-state index contributed by atoms with van der Waals surface area (Å²) in [4.78, 5) is 2.59. The highest BCUT2D eigenvalue weighted by Gasteiger charge is 2.31. The molecule has 0 amide bonds. The minimum atomic E-state index is -0.158. The van der Waals surface area contributed by atoms with Crippen LogP contribution in [0.4, 0.5) is 0 Å². The average molecular weight is 275 g/mol. The molecule has 20 heavy (non-hydrogen) atoms. The van der Waals surface area contributed by atoms with Crippen molar-refractivity contribution >= 4 is 0 Å². The molecule has 1 atom stereocenters. The molecule has 0 saturated heterocycles. The molecule has 1 aromatic carbocycles. The van der Waals surface area contributed by atoms with Gasteiger partial charge in [0.05, 0.1) is 6.61 Å². The van der Waals surface area contributed by atoms with Gasteiger partial charge in [0.1, 0.15) is 0 Å². The highest BCUT2D eigenvalue weighted by Crippen LogP contribution is 2.29. The third kappa shape index (κ3) is 3.62. The zero-order chi connectivity index (χ0) is 14.4. The van der Waals surface area contributed by atoms with Crippen LogP contribution in [0.3, 0.4) is 0 Å². The third-order valence-electron chi connectivity index (χ3n) is 4.87. The Balaban J connectivity index is 2.10. The van der Waals surface area contributed by atoms with Crippen LogP contribution in [0.15, 0.2) is 30.3 Å². The van der Waals surface area contributed by atoms with Gasteiger partial charge in [0.25, 0.3) is 0 Å². The van der Waals surface area contributed by atoms with Crippen molar-refractivity contribution in [1.82, 2.24) is 4.90 Å². The lowest BCUT2D eigenvalue weighted by Crippen LogP contribution is -2.46. The molecule has 0 bridgehead atoms. The number of benzene rings is 1. The Morgan fingerprint density at radius 1 is 1.15 bits per heavy atom. The molecule has 1 aromatic rings. The fourth-order valence-electron chi connectivity index (χ4n) is 3.47. The van der Waals surface area contributed by atoms with Gasteiger partial charge in [0, 0.05) is 18.0 Å². The second-order valence-corrected chi connectivity index (χ2v) is 6.44. The zero-order valence-electron chi connectivity index (χ0n) is 13.0. The monoisotopic (exact) mass is 275 g/mol. The lowest BCUT2D eigenvalue weighted by molar-refractivity contribution is 0.0996. The predicted octanol–water partition coefficient (Wildman–Crippen LogP) is 3.59.